The van der Waals surface area contributed by atoms with Crippen molar-refractivity contribution in [3.8, 4) is 16.5 Å². The number of anilines is 3. The number of H-pyrrole nitrogens is 1. The van der Waals surface area contributed by atoms with Gasteiger partial charge in [-0.2, -0.15) is 5.26 Å². The lowest BCUT2D eigenvalue weighted by atomic mass is 10.1. The summed E-state index contributed by atoms with van der Waals surface area (Å²) in [5.41, 5.74) is 5.43. The van der Waals surface area contributed by atoms with E-state index in [2.05, 4.69) is 55.3 Å². The Hall–Kier alpha value is -3.96. The number of aromatic amines is 1. The smallest absolute Gasteiger partial charge is 0.225 e. The third-order valence-electron chi connectivity index (χ3n) is 6.26. The molecule has 7 nitrogen and oxygen atoms in total. The molecule has 0 spiro atoms. The van der Waals surface area contributed by atoms with Crippen LogP contribution < -0.4 is 10.2 Å². The topological polar surface area (TPSA) is 93.5 Å². The van der Waals surface area contributed by atoms with Gasteiger partial charge in [-0.25, -0.2) is 15.0 Å². The van der Waals surface area contributed by atoms with Crippen molar-refractivity contribution in [3.63, 3.8) is 0 Å². The second kappa shape index (κ2) is 7.87. The monoisotopic (exact) mass is 451 g/mol. The number of nitrogens with one attached hydrogen (secondary N) is 2. The van der Waals surface area contributed by atoms with E-state index in [9.17, 15) is 5.26 Å². The number of hydrogen-bond acceptors (Lipinski definition) is 7. The van der Waals surface area contributed by atoms with Crippen molar-refractivity contribution in [2.75, 3.05) is 23.3 Å². The molecule has 1 aromatic carbocycles. The first-order chi connectivity index (χ1) is 16.2. The van der Waals surface area contributed by atoms with Crippen LogP contribution >= 0.6 is 11.3 Å². The molecule has 4 aromatic heterocycles. The lowest BCUT2D eigenvalue weighted by Crippen LogP contribution is -2.20. The van der Waals surface area contributed by atoms with Gasteiger partial charge in [0.05, 0.1) is 11.3 Å². The van der Waals surface area contributed by atoms with E-state index >= 15 is 0 Å². The average molecular weight is 452 g/mol. The summed E-state index contributed by atoms with van der Waals surface area (Å²) in [5, 5.41) is 15.4. The fourth-order valence-electron chi connectivity index (χ4n) is 4.43. The van der Waals surface area contributed by atoms with Crippen molar-refractivity contribution in [2.45, 2.75) is 19.8 Å². The van der Waals surface area contributed by atoms with E-state index < -0.39 is 0 Å². The van der Waals surface area contributed by atoms with Crippen LogP contribution in [0.3, 0.4) is 0 Å². The SMILES string of the molecule is Cc1c(Nc2c(C#N)cnc3sc(-c4cnc(N5CCCC5)nc4)cc23)ccc2[nH]ccc12. The van der Waals surface area contributed by atoms with E-state index in [0.717, 1.165) is 67.5 Å². The molecule has 33 heavy (non-hydrogen) atoms. The highest BCUT2D eigenvalue weighted by Gasteiger charge is 2.17. The number of hydrogen-bond donors (Lipinski definition) is 2. The fraction of sp³-hybridized carbons (Fsp3) is 0.200. The zero-order valence-electron chi connectivity index (χ0n) is 18.1. The first-order valence-electron chi connectivity index (χ1n) is 10.9. The Balaban J connectivity index is 1.40. The van der Waals surface area contributed by atoms with Crippen LogP contribution in [0.1, 0.15) is 24.0 Å². The Morgan fingerprint density at radius 1 is 1.06 bits per heavy atom. The van der Waals surface area contributed by atoms with Gasteiger partial charge >= 0.3 is 0 Å². The van der Waals surface area contributed by atoms with Crippen molar-refractivity contribution in [2.24, 2.45) is 0 Å². The van der Waals surface area contributed by atoms with Gasteiger partial charge in [-0.3, -0.25) is 0 Å². The first kappa shape index (κ1) is 19.7. The molecule has 162 valence electrons. The van der Waals surface area contributed by atoms with Crippen LogP contribution in [-0.4, -0.2) is 33.0 Å². The minimum absolute atomic E-state index is 0.515. The summed E-state index contributed by atoms with van der Waals surface area (Å²) in [6, 6.07) is 10.5. The zero-order chi connectivity index (χ0) is 22.4. The molecular formula is C25H21N7S. The Morgan fingerprint density at radius 3 is 2.67 bits per heavy atom. The number of fused-ring (bicyclic) bond motifs is 2. The van der Waals surface area contributed by atoms with E-state index in [1.807, 2.05) is 30.7 Å². The molecular weight excluding hydrogens is 430 g/mol. The Morgan fingerprint density at radius 2 is 1.88 bits per heavy atom. The Kier molecular flexibility index (Phi) is 4.70. The third kappa shape index (κ3) is 3.38. The van der Waals surface area contributed by atoms with Gasteiger partial charge in [-0.15, -0.1) is 11.3 Å². The second-order valence-electron chi connectivity index (χ2n) is 8.26. The number of pyridine rings is 1. The van der Waals surface area contributed by atoms with Gasteiger partial charge in [0.25, 0.3) is 0 Å². The number of rotatable bonds is 4. The second-order valence-corrected chi connectivity index (χ2v) is 9.29. The van der Waals surface area contributed by atoms with Crippen molar-refractivity contribution in [1.82, 2.24) is 19.9 Å². The Bertz CT molecular complexity index is 1520. The molecule has 1 aliphatic heterocycles. The largest absolute Gasteiger partial charge is 0.361 e. The van der Waals surface area contributed by atoms with Crippen LogP contribution in [0.2, 0.25) is 0 Å². The molecule has 0 unspecified atom stereocenters. The fourth-order valence-corrected chi connectivity index (χ4v) is 5.42. The van der Waals surface area contributed by atoms with E-state index in [1.165, 1.54) is 12.8 Å². The molecule has 0 aliphatic carbocycles. The van der Waals surface area contributed by atoms with Crippen molar-refractivity contribution >= 4 is 49.8 Å². The highest BCUT2D eigenvalue weighted by atomic mass is 32.1. The van der Waals surface area contributed by atoms with Crippen molar-refractivity contribution in [3.05, 3.63) is 60.2 Å². The van der Waals surface area contributed by atoms with Gasteiger partial charge < -0.3 is 15.2 Å². The predicted molar refractivity (Wildman–Crippen MR) is 133 cm³/mol. The molecule has 8 heteroatoms. The summed E-state index contributed by atoms with van der Waals surface area (Å²) in [5.74, 6) is 0.792. The molecule has 0 saturated carbocycles. The summed E-state index contributed by atoms with van der Waals surface area (Å²) in [6.45, 7) is 4.12. The molecule has 1 saturated heterocycles. The number of nitriles is 1. The highest BCUT2D eigenvalue weighted by molar-refractivity contribution is 7.21. The molecule has 0 atom stereocenters. The zero-order valence-corrected chi connectivity index (χ0v) is 18.9. The Labute approximate surface area is 194 Å². The summed E-state index contributed by atoms with van der Waals surface area (Å²) < 4.78 is 0. The minimum atomic E-state index is 0.515. The number of aromatic nitrogens is 4. The first-order valence-corrected chi connectivity index (χ1v) is 11.8. The maximum absolute atomic E-state index is 9.77. The van der Waals surface area contributed by atoms with Crippen LogP contribution in [0.4, 0.5) is 17.3 Å². The lowest BCUT2D eigenvalue weighted by Gasteiger charge is -2.14. The minimum Gasteiger partial charge on any atom is -0.361 e. The van der Waals surface area contributed by atoms with Gasteiger partial charge in [-0.1, -0.05) is 0 Å². The van der Waals surface area contributed by atoms with E-state index in [0.29, 0.717) is 5.56 Å². The van der Waals surface area contributed by atoms with Crippen LogP contribution in [0.25, 0.3) is 31.6 Å². The highest BCUT2D eigenvalue weighted by Crippen LogP contribution is 2.39. The molecule has 0 amide bonds. The van der Waals surface area contributed by atoms with E-state index in [4.69, 9.17) is 0 Å². The molecule has 5 aromatic rings. The maximum atomic E-state index is 9.77. The molecule has 6 rings (SSSR count). The van der Waals surface area contributed by atoms with Gasteiger partial charge in [0.1, 0.15) is 10.9 Å². The third-order valence-corrected chi connectivity index (χ3v) is 7.35. The van der Waals surface area contributed by atoms with Crippen LogP contribution in [0.15, 0.2) is 49.1 Å². The van der Waals surface area contributed by atoms with Crippen LogP contribution in [0, 0.1) is 18.3 Å². The van der Waals surface area contributed by atoms with Crippen molar-refractivity contribution < 1.29 is 0 Å². The van der Waals surface area contributed by atoms with Gasteiger partial charge in [0, 0.05) is 70.3 Å². The van der Waals surface area contributed by atoms with E-state index in [-0.39, 0.29) is 0 Å². The lowest BCUT2D eigenvalue weighted by molar-refractivity contribution is 0.899. The van der Waals surface area contributed by atoms with Crippen LogP contribution in [0.5, 0.6) is 0 Å². The summed E-state index contributed by atoms with van der Waals surface area (Å²) >= 11 is 1.58. The van der Waals surface area contributed by atoms with Crippen molar-refractivity contribution in [1.29, 1.82) is 5.26 Å². The summed E-state index contributed by atoms with van der Waals surface area (Å²) in [4.78, 5) is 21.1. The quantitative estimate of drug-likeness (QED) is 0.361. The van der Waals surface area contributed by atoms with Gasteiger partial charge in [0.15, 0.2) is 0 Å². The molecule has 0 bridgehead atoms. The normalized spacial score (nSPS) is 13.6. The van der Waals surface area contributed by atoms with E-state index in [1.54, 1.807) is 17.5 Å². The molecule has 1 fully saturated rings. The standard InChI is InChI=1S/C25H21N7S/c1-15-18-6-7-27-21(18)5-4-20(15)31-23-16(11-26)12-28-24-19(23)10-22(33-24)17-13-29-25(30-14-17)32-8-2-3-9-32/h4-7,10,12-14,27H,2-3,8-9H2,1H3,(H,28,31). The number of nitrogens with zero attached hydrogens (tertiary/aromatic N) is 5. The van der Waals surface area contributed by atoms with Gasteiger partial charge in [0.2, 0.25) is 5.95 Å². The molecule has 2 N–H and O–H groups in total. The average Bonchev–Trinajstić information content (AvgIpc) is 3.61. The summed E-state index contributed by atoms with van der Waals surface area (Å²) in [7, 11) is 0. The molecule has 5 heterocycles. The number of aryl methyl sites for hydroxylation is 1. The number of benzene rings is 1. The summed E-state index contributed by atoms with van der Waals surface area (Å²) in [6.07, 6.45) is 9.74. The maximum Gasteiger partial charge on any atom is 0.225 e. The predicted octanol–water partition coefficient (Wildman–Crippen LogP) is 5.76. The van der Waals surface area contributed by atoms with Crippen LogP contribution in [-0.2, 0) is 0 Å². The molecule has 0 radical (unpaired) electrons. The number of thiophene rings is 1. The molecule has 1 aliphatic rings. The van der Waals surface area contributed by atoms with Gasteiger partial charge in [-0.05, 0) is 49.6 Å².